The highest BCUT2D eigenvalue weighted by Gasteiger charge is 2.42. The molecule has 0 aromatic rings. The lowest BCUT2D eigenvalue weighted by Gasteiger charge is -2.43. The van der Waals surface area contributed by atoms with Gasteiger partial charge in [-0.05, 0) is 50.4 Å². The Hall–Kier alpha value is -0.0800. The van der Waals surface area contributed by atoms with Gasteiger partial charge in [0.1, 0.15) is 0 Å². The summed E-state index contributed by atoms with van der Waals surface area (Å²) >= 11 is 0. The Kier molecular flexibility index (Phi) is 4.48. The summed E-state index contributed by atoms with van der Waals surface area (Å²) in [6, 6.07) is 0.754. The molecule has 0 aliphatic heterocycles. The van der Waals surface area contributed by atoms with Crippen molar-refractivity contribution in [3.05, 3.63) is 0 Å². The van der Waals surface area contributed by atoms with E-state index < -0.39 is 0 Å². The van der Waals surface area contributed by atoms with Gasteiger partial charge < -0.3 is 11.1 Å². The average Bonchev–Trinajstić information content (AvgIpc) is 3.27. The van der Waals surface area contributed by atoms with Gasteiger partial charge in [0, 0.05) is 18.1 Å². The van der Waals surface area contributed by atoms with Crippen LogP contribution >= 0.6 is 0 Å². The fourth-order valence-corrected chi connectivity index (χ4v) is 4.61. The van der Waals surface area contributed by atoms with Crippen LogP contribution in [0.2, 0.25) is 0 Å². The number of rotatable bonds is 4. The predicted octanol–water partition coefficient (Wildman–Crippen LogP) is 3.60. The summed E-state index contributed by atoms with van der Waals surface area (Å²) in [7, 11) is 0. The van der Waals surface area contributed by atoms with Crippen molar-refractivity contribution in [3.63, 3.8) is 0 Å². The standard InChI is InChI=1S/C17H32N2/c18-13-17(19-16-7-3-1-2-4-8-16)11-5-6-15(12-17)14-9-10-14/h14-16,19H,1-13,18H2. The smallest absolute Gasteiger partial charge is 0.0309 e. The SMILES string of the molecule is NCC1(NC2CCCCCC2)CCCC(C2CC2)C1. The maximum atomic E-state index is 6.21. The van der Waals surface area contributed by atoms with Gasteiger partial charge in [-0.25, -0.2) is 0 Å². The molecule has 2 unspecified atom stereocenters. The van der Waals surface area contributed by atoms with Gasteiger partial charge in [-0.15, -0.1) is 0 Å². The van der Waals surface area contributed by atoms with Gasteiger partial charge in [0.25, 0.3) is 0 Å². The lowest BCUT2D eigenvalue weighted by Crippen LogP contribution is -2.57. The molecular formula is C17H32N2. The second kappa shape index (κ2) is 6.13. The molecule has 0 bridgehead atoms. The fraction of sp³-hybridized carbons (Fsp3) is 1.00. The lowest BCUT2D eigenvalue weighted by atomic mass is 9.73. The topological polar surface area (TPSA) is 38.0 Å². The van der Waals surface area contributed by atoms with Crippen LogP contribution in [-0.4, -0.2) is 18.1 Å². The first-order valence-corrected chi connectivity index (χ1v) is 8.79. The molecule has 0 radical (unpaired) electrons. The van der Waals surface area contributed by atoms with E-state index in [0.29, 0.717) is 5.54 Å². The minimum atomic E-state index is 0.292. The monoisotopic (exact) mass is 264 g/mol. The molecule has 2 heteroatoms. The summed E-state index contributed by atoms with van der Waals surface area (Å²) in [5, 5.41) is 4.05. The Labute approximate surface area is 118 Å². The Morgan fingerprint density at radius 3 is 2.21 bits per heavy atom. The van der Waals surface area contributed by atoms with Crippen molar-refractivity contribution in [2.75, 3.05) is 6.54 Å². The highest BCUT2D eigenvalue weighted by molar-refractivity contribution is 4.99. The van der Waals surface area contributed by atoms with Crippen molar-refractivity contribution in [1.29, 1.82) is 0 Å². The first kappa shape index (κ1) is 13.9. The molecule has 0 aromatic heterocycles. The van der Waals surface area contributed by atoms with Crippen LogP contribution in [0.15, 0.2) is 0 Å². The normalized spacial score (nSPS) is 38.1. The molecule has 3 rings (SSSR count). The maximum Gasteiger partial charge on any atom is 0.0309 e. The lowest BCUT2D eigenvalue weighted by molar-refractivity contribution is 0.150. The molecule has 3 fully saturated rings. The van der Waals surface area contributed by atoms with Gasteiger partial charge in [-0.3, -0.25) is 0 Å². The molecular weight excluding hydrogens is 232 g/mol. The second-order valence-corrected chi connectivity index (χ2v) is 7.51. The van der Waals surface area contributed by atoms with Crippen LogP contribution in [0.4, 0.5) is 0 Å². The Morgan fingerprint density at radius 2 is 1.58 bits per heavy atom. The summed E-state index contributed by atoms with van der Waals surface area (Å²) in [6.07, 6.45) is 17.0. The van der Waals surface area contributed by atoms with Crippen LogP contribution in [0.3, 0.4) is 0 Å². The van der Waals surface area contributed by atoms with E-state index in [1.54, 1.807) is 0 Å². The predicted molar refractivity (Wildman–Crippen MR) is 81.1 cm³/mol. The van der Waals surface area contributed by atoms with E-state index in [4.69, 9.17) is 5.73 Å². The third-order valence-electron chi connectivity index (χ3n) is 5.93. The molecule has 110 valence electrons. The van der Waals surface area contributed by atoms with Gasteiger partial charge in [-0.2, -0.15) is 0 Å². The summed E-state index contributed by atoms with van der Waals surface area (Å²) in [4.78, 5) is 0. The quantitative estimate of drug-likeness (QED) is 0.761. The third-order valence-corrected chi connectivity index (χ3v) is 5.93. The first-order chi connectivity index (χ1) is 9.31. The van der Waals surface area contributed by atoms with E-state index in [2.05, 4.69) is 5.32 Å². The van der Waals surface area contributed by atoms with E-state index >= 15 is 0 Å². The zero-order valence-electron chi connectivity index (χ0n) is 12.5. The van der Waals surface area contributed by atoms with Gasteiger partial charge in [-0.1, -0.05) is 38.5 Å². The molecule has 3 aliphatic carbocycles. The van der Waals surface area contributed by atoms with Gasteiger partial charge in [0.05, 0.1) is 0 Å². The fourth-order valence-electron chi connectivity index (χ4n) is 4.61. The molecule has 0 aromatic carbocycles. The molecule has 3 saturated carbocycles. The van der Waals surface area contributed by atoms with Crippen LogP contribution in [0.1, 0.15) is 77.0 Å². The molecule has 3 N–H and O–H groups in total. The first-order valence-electron chi connectivity index (χ1n) is 8.79. The summed E-state index contributed by atoms with van der Waals surface area (Å²) in [6.45, 7) is 0.854. The number of nitrogens with two attached hydrogens (primary N) is 1. The zero-order valence-corrected chi connectivity index (χ0v) is 12.5. The van der Waals surface area contributed by atoms with Gasteiger partial charge in [0.15, 0.2) is 0 Å². The van der Waals surface area contributed by atoms with E-state index in [-0.39, 0.29) is 0 Å². The number of hydrogen-bond donors (Lipinski definition) is 2. The van der Waals surface area contributed by atoms with E-state index in [0.717, 1.165) is 24.4 Å². The van der Waals surface area contributed by atoms with Crippen LogP contribution in [-0.2, 0) is 0 Å². The van der Waals surface area contributed by atoms with E-state index in [9.17, 15) is 0 Å². The molecule has 2 atom stereocenters. The molecule has 2 nitrogen and oxygen atoms in total. The van der Waals surface area contributed by atoms with Crippen LogP contribution in [0, 0.1) is 11.8 Å². The highest BCUT2D eigenvalue weighted by atomic mass is 15.0. The molecule has 0 amide bonds. The minimum Gasteiger partial charge on any atom is -0.329 e. The minimum absolute atomic E-state index is 0.292. The van der Waals surface area contributed by atoms with Crippen molar-refractivity contribution in [3.8, 4) is 0 Å². The van der Waals surface area contributed by atoms with Crippen LogP contribution in [0.25, 0.3) is 0 Å². The highest BCUT2D eigenvalue weighted by Crippen LogP contribution is 2.46. The number of hydrogen-bond acceptors (Lipinski definition) is 2. The summed E-state index contributed by atoms with van der Waals surface area (Å²) in [5.41, 5.74) is 6.51. The summed E-state index contributed by atoms with van der Waals surface area (Å²) < 4.78 is 0. The van der Waals surface area contributed by atoms with Crippen molar-refractivity contribution >= 4 is 0 Å². The molecule has 0 heterocycles. The van der Waals surface area contributed by atoms with E-state index in [1.165, 1.54) is 77.0 Å². The Bertz CT molecular complexity index is 279. The molecule has 3 aliphatic rings. The maximum absolute atomic E-state index is 6.21. The second-order valence-electron chi connectivity index (χ2n) is 7.51. The molecule has 19 heavy (non-hydrogen) atoms. The van der Waals surface area contributed by atoms with Crippen molar-refractivity contribution in [2.24, 2.45) is 17.6 Å². The third kappa shape index (κ3) is 3.52. The van der Waals surface area contributed by atoms with Crippen LogP contribution in [0.5, 0.6) is 0 Å². The van der Waals surface area contributed by atoms with Crippen LogP contribution < -0.4 is 11.1 Å². The molecule has 0 spiro atoms. The van der Waals surface area contributed by atoms with Gasteiger partial charge in [0.2, 0.25) is 0 Å². The number of nitrogens with one attached hydrogen (secondary N) is 1. The largest absolute Gasteiger partial charge is 0.329 e. The van der Waals surface area contributed by atoms with Crippen molar-refractivity contribution in [1.82, 2.24) is 5.32 Å². The Morgan fingerprint density at radius 1 is 0.842 bits per heavy atom. The average molecular weight is 264 g/mol. The molecule has 0 saturated heterocycles. The van der Waals surface area contributed by atoms with Crippen molar-refractivity contribution in [2.45, 2.75) is 88.6 Å². The van der Waals surface area contributed by atoms with Crippen molar-refractivity contribution < 1.29 is 0 Å². The zero-order chi connectivity index (χ0) is 13.1. The Balaban J connectivity index is 1.60. The van der Waals surface area contributed by atoms with E-state index in [1.807, 2.05) is 0 Å². The van der Waals surface area contributed by atoms with Gasteiger partial charge >= 0.3 is 0 Å². The summed E-state index contributed by atoms with van der Waals surface area (Å²) in [5.74, 6) is 2.04.